The fourth-order valence-electron chi connectivity index (χ4n) is 4.17. The lowest BCUT2D eigenvalue weighted by atomic mass is 9.96. The molecule has 1 fully saturated rings. The van der Waals surface area contributed by atoms with E-state index in [-0.39, 0.29) is 0 Å². The van der Waals surface area contributed by atoms with Gasteiger partial charge in [-0.25, -0.2) is 0 Å². The van der Waals surface area contributed by atoms with E-state index >= 15 is 0 Å². The highest BCUT2D eigenvalue weighted by Gasteiger charge is 2.30. The fourth-order valence-corrected chi connectivity index (χ4v) is 4.17. The number of carbonyl (C=O) groups is 2. The van der Waals surface area contributed by atoms with Crippen LogP contribution in [0.2, 0.25) is 0 Å². The molecule has 3 heterocycles. The number of aromatic amines is 1. The molecule has 0 spiro atoms. The second-order valence-electron chi connectivity index (χ2n) is 7.17. The number of Topliss-reactive ketones (excluding diaryl/α,β-unsaturated/α-hetero) is 1. The van der Waals surface area contributed by atoms with Crippen LogP contribution in [0.25, 0.3) is 10.9 Å². The number of hydrogen-bond acceptors (Lipinski definition) is 3. The first-order chi connectivity index (χ1) is 12.7. The molecule has 1 atom stereocenters. The number of fused-ring (bicyclic) bond motifs is 2. The van der Waals surface area contributed by atoms with Gasteiger partial charge in [0.05, 0.1) is 11.3 Å². The van der Waals surface area contributed by atoms with Crippen molar-refractivity contribution in [1.82, 2.24) is 9.88 Å². The Balaban J connectivity index is 1.33. The van der Waals surface area contributed by atoms with Crippen LogP contribution in [0.4, 0.5) is 5.69 Å². The number of carbonyl (C=O) groups excluding carboxylic acids is 2. The molecular weight excluding hydrogens is 326 g/mol. The summed E-state index contributed by atoms with van der Waals surface area (Å²) in [6, 6.07) is 14.1. The summed E-state index contributed by atoms with van der Waals surface area (Å²) in [4.78, 5) is 29.1. The lowest BCUT2D eigenvalue weighted by Gasteiger charge is -2.16. The topological polar surface area (TPSA) is 65.2 Å². The maximum absolute atomic E-state index is 11.7. The van der Waals surface area contributed by atoms with E-state index in [0.29, 0.717) is 17.2 Å². The highest BCUT2D eigenvalue weighted by atomic mass is 16.2. The number of H-pyrrole nitrogens is 1. The Morgan fingerprint density at radius 3 is 2.92 bits per heavy atom. The van der Waals surface area contributed by atoms with Crippen LogP contribution in [0, 0.1) is 0 Å². The molecule has 1 aromatic heterocycles. The van der Waals surface area contributed by atoms with E-state index in [1.807, 2.05) is 18.2 Å². The average Bonchev–Trinajstić information content (AvgIpc) is 3.35. The molecule has 0 aliphatic carbocycles. The highest BCUT2D eigenvalue weighted by Crippen LogP contribution is 2.33. The number of hydrogen-bond donors (Lipinski definition) is 2. The predicted octanol–water partition coefficient (Wildman–Crippen LogP) is 3.29. The zero-order chi connectivity index (χ0) is 17.7. The summed E-state index contributed by atoms with van der Waals surface area (Å²) in [5.74, 6) is -0.526. The van der Waals surface area contributed by atoms with Crippen LogP contribution < -0.4 is 5.32 Å². The highest BCUT2D eigenvalue weighted by molar-refractivity contribution is 6.51. The van der Waals surface area contributed by atoms with Crippen LogP contribution in [-0.4, -0.2) is 34.7 Å². The zero-order valence-electron chi connectivity index (χ0n) is 14.3. The molecule has 5 rings (SSSR count). The first kappa shape index (κ1) is 15.3. The number of ketones is 1. The van der Waals surface area contributed by atoms with Gasteiger partial charge in [-0.3, -0.25) is 14.5 Å². The molecule has 1 unspecified atom stereocenters. The standard InChI is InChI=1S/C21H19N3O2/c25-20-17-6-5-13(9-19(17)23-21(20)26)14-7-8-24(11-14)12-15-10-22-18-4-2-1-3-16(15)18/h1-6,9-10,14,22H,7-8,11-12H2,(H,23,25,26). The summed E-state index contributed by atoms with van der Waals surface area (Å²) >= 11 is 0. The van der Waals surface area contributed by atoms with Crippen molar-refractivity contribution in [2.75, 3.05) is 18.4 Å². The molecule has 3 aromatic rings. The summed E-state index contributed by atoms with van der Waals surface area (Å²) in [7, 11) is 0. The number of nitrogens with zero attached hydrogens (tertiary/aromatic N) is 1. The van der Waals surface area contributed by atoms with Gasteiger partial charge in [-0.05, 0) is 48.2 Å². The Labute approximate surface area is 151 Å². The molecule has 2 aromatic carbocycles. The molecule has 0 bridgehead atoms. The Bertz CT molecular complexity index is 1040. The van der Waals surface area contributed by atoms with Gasteiger partial charge in [-0.2, -0.15) is 0 Å². The molecule has 26 heavy (non-hydrogen) atoms. The van der Waals surface area contributed by atoms with Crippen molar-refractivity contribution in [3.8, 4) is 0 Å². The van der Waals surface area contributed by atoms with E-state index in [2.05, 4.69) is 39.6 Å². The third-order valence-corrected chi connectivity index (χ3v) is 5.56. The molecule has 5 heteroatoms. The van der Waals surface area contributed by atoms with Gasteiger partial charge in [0.15, 0.2) is 0 Å². The van der Waals surface area contributed by atoms with Gasteiger partial charge >= 0.3 is 0 Å². The van der Waals surface area contributed by atoms with Crippen molar-refractivity contribution in [2.45, 2.75) is 18.9 Å². The molecule has 130 valence electrons. The Morgan fingerprint density at radius 2 is 2.00 bits per heavy atom. The second-order valence-corrected chi connectivity index (χ2v) is 7.17. The summed E-state index contributed by atoms with van der Waals surface area (Å²) in [6.07, 6.45) is 3.19. The monoisotopic (exact) mass is 345 g/mol. The smallest absolute Gasteiger partial charge is 0.296 e. The number of amides is 1. The quantitative estimate of drug-likeness (QED) is 0.716. The van der Waals surface area contributed by atoms with Gasteiger partial charge in [0.2, 0.25) is 0 Å². The Hall–Kier alpha value is -2.92. The molecule has 2 N–H and O–H groups in total. The SMILES string of the molecule is O=C1Nc2cc(C3CCN(Cc4c[nH]c5ccccc45)C3)ccc2C1=O. The number of aromatic nitrogens is 1. The van der Waals surface area contributed by atoms with Gasteiger partial charge in [0, 0.05) is 30.2 Å². The predicted molar refractivity (Wildman–Crippen MR) is 100 cm³/mol. The molecule has 1 saturated heterocycles. The van der Waals surface area contributed by atoms with E-state index in [1.54, 1.807) is 6.07 Å². The van der Waals surface area contributed by atoms with E-state index < -0.39 is 11.7 Å². The van der Waals surface area contributed by atoms with Crippen molar-refractivity contribution < 1.29 is 9.59 Å². The van der Waals surface area contributed by atoms with Gasteiger partial charge < -0.3 is 10.3 Å². The average molecular weight is 345 g/mol. The molecular formula is C21H19N3O2. The Morgan fingerprint density at radius 1 is 1.12 bits per heavy atom. The number of anilines is 1. The summed E-state index contributed by atoms with van der Waals surface area (Å²) in [5, 5.41) is 3.96. The van der Waals surface area contributed by atoms with Crippen LogP contribution in [0.15, 0.2) is 48.7 Å². The van der Waals surface area contributed by atoms with Crippen molar-refractivity contribution in [3.63, 3.8) is 0 Å². The molecule has 2 aliphatic heterocycles. The molecule has 2 aliphatic rings. The normalized spacial score (nSPS) is 19.9. The number of rotatable bonds is 3. The Kier molecular flexibility index (Phi) is 3.43. The number of nitrogens with one attached hydrogen (secondary N) is 2. The van der Waals surface area contributed by atoms with Crippen molar-refractivity contribution in [2.24, 2.45) is 0 Å². The lowest BCUT2D eigenvalue weighted by Crippen LogP contribution is -2.19. The van der Waals surface area contributed by atoms with Crippen LogP contribution >= 0.6 is 0 Å². The van der Waals surface area contributed by atoms with Gasteiger partial charge in [0.1, 0.15) is 0 Å². The van der Waals surface area contributed by atoms with Crippen molar-refractivity contribution in [1.29, 1.82) is 0 Å². The molecule has 0 saturated carbocycles. The van der Waals surface area contributed by atoms with Crippen LogP contribution in [0.1, 0.15) is 33.8 Å². The van der Waals surface area contributed by atoms with Crippen LogP contribution in [0.3, 0.4) is 0 Å². The van der Waals surface area contributed by atoms with Crippen molar-refractivity contribution in [3.05, 3.63) is 65.4 Å². The molecule has 0 radical (unpaired) electrons. The van der Waals surface area contributed by atoms with E-state index in [4.69, 9.17) is 0 Å². The minimum atomic E-state index is -0.524. The zero-order valence-corrected chi connectivity index (χ0v) is 14.3. The van der Waals surface area contributed by atoms with E-state index in [1.165, 1.54) is 22.0 Å². The largest absolute Gasteiger partial charge is 0.361 e. The van der Waals surface area contributed by atoms with E-state index in [9.17, 15) is 9.59 Å². The maximum atomic E-state index is 11.7. The summed E-state index contributed by atoms with van der Waals surface area (Å²) < 4.78 is 0. The van der Waals surface area contributed by atoms with Crippen LogP contribution in [0.5, 0.6) is 0 Å². The summed E-state index contributed by atoms with van der Waals surface area (Å²) in [5.41, 5.74) is 4.85. The van der Waals surface area contributed by atoms with Crippen molar-refractivity contribution >= 4 is 28.3 Å². The third-order valence-electron chi connectivity index (χ3n) is 5.56. The molecule has 5 nitrogen and oxygen atoms in total. The van der Waals surface area contributed by atoms with Gasteiger partial charge in [0.25, 0.3) is 11.7 Å². The third kappa shape index (κ3) is 2.44. The second kappa shape index (κ2) is 5.81. The first-order valence-electron chi connectivity index (χ1n) is 8.96. The van der Waals surface area contributed by atoms with Crippen LogP contribution in [-0.2, 0) is 11.3 Å². The minimum absolute atomic E-state index is 0.429. The number of likely N-dealkylation sites (tertiary alicyclic amines) is 1. The van der Waals surface area contributed by atoms with Gasteiger partial charge in [-0.15, -0.1) is 0 Å². The number of benzene rings is 2. The van der Waals surface area contributed by atoms with Gasteiger partial charge in [-0.1, -0.05) is 24.3 Å². The molecule has 1 amide bonds. The fraction of sp³-hybridized carbons (Fsp3) is 0.238. The first-order valence-corrected chi connectivity index (χ1v) is 8.96. The summed E-state index contributed by atoms with van der Waals surface area (Å²) in [6.45, 7) is 2.97. The minimum Gasteiger partial charge on any atom is -0.361 e. The number of para-hydroxylation sites is 1. The maximum Gasteiger partial charge on any atom is 0.296 e. The lowest BCUT2D eigenvalue weighted by molar-refractivity contribution is -0.112. The van der Waals surface area contributed by atoms with E-state index in [0.717, 1.165) is 26.1 Å².